The standard InChI is InChI=1S/C14H19N3O2/c18-13-9-11(10-17(13)12-3-4-12)14(19)15-5-8-16-6-1-2-7-16/h1-2,6-7,11-12H,3-5,8-10H2,(H,15,19)/t11-/m1/s1. The molecule has 5 heteroatoms. The van der Waals surface area contributed by atoms with E-state index in [1.165, 1.54) is 0 Å². The molecule has 1 saturated heterocycles. The van der Waals surface area contributed by atoms with Gasteiger partial charge in [-0.1, -0.05) is 0 Å². The van der Waals surface area contributed by atoms with E-state index in [1.54, 1.807) is 0 Å². The fourth-order valence-corrected chi connectivity index (χ4v) is 2.62. The minimum Gasteiger partial charge on any atom is -0.354 e. The van der Waals surface area contributed by atoms with Crippen molar-refractivity contribution in [3.05, 3.63) is 24.5 Å². The molecule has 0 aromatic carbocycles. The summed E-state index contributed by atoms with van der Waals surface area (Å²) in [6.45, 7) is 1.99. The number of amides is 2. The molecule has 0 unspecified atom stereocenters. The van der Waals surface area contributed by atoms with Crippen molar-refractivity contribution in [1.82, 2.24) is 14.8 Å². The van der Waals surface area contributed by atoms with Crippen LogP contribution in [0, 0.1) is 5.92 Å². The second kappa shape index (κ2) is 5.07. The second-order valence-electron chi connectivity index (χ2n) is 5.39. The normalized spacial score (nSPS) is 22.8. The molecule has 1 atom stereocenters. The summed E-state index contributed by atoms with van der Waals surface area (Å²) in [7, 11) is 0. The van der Waals surface area contributed by atoms with Gasteiger partial charge in [0.05, 0.1) is 5.92 Å². The smallest absolute Gasteiger partial charge is 0.225 e. The third-order valence-corrected chi connectivity index (χ3v) is 3.85. The number of nitrogens with one attached hydrogen (secondary N) is 1. The molecule has 2 heterocycles. The largest absolute Gasteiger partial charge is 0.354 e. The van der Waals surface area contributed by atoms with Crippen molar-refractivity contribution in [3.63, 3.8) is 0 Å². The lowest BCUT2D eigenvalue weighted by molar-refractivity contribution is -0.129. The maximum Gasteiger partial charge on any atom is 0.225 e. The first-order valence-electron chi connectivity index (χ1n) is 6.92. The zero-order chi connectivity index (χ0) is 13.2. The molecule has 2 fully saturated rings. The van der Waals surface area contributed by atoms with Gasteiger partial charge in [0.15, 0.2) is 0 Å². The predicted octanol–water partition coefficient (Wildman–Crippen LogP) is 0.615. The highest BCUT2D eigenvalue weighted by Crippen LogP contribution is 2.32. The Morgan fingerprint density at radius 2 is 2.05 bits per heavy atom. The highest BCUT2D eigenvalue weighted by Gasteiger charge is 2.41. The minimum absolute atomic E-state index is 0.0173. The molecule has 0 radical (unpaired) electrons. The molecule has 1 saturated carbocycles. The highest BCUT2D eigenvalue weighted by atomic mass is 16.2. The lowest BCUT2D eigenvalue weighted by Crippen LogP contribution is -2.35. The van der Waals surface area contributed by atoms with Crippen LogP contribution in [-0.2, 0) is 16.1 Å². The zero-order valence-corrected chi connectivity index (χ0v) is 10.9. The van der Waals surface area contributed by atoms with Crippen molar-refractivity contribution in [3.8, 4) is 0 Å². The molecule has 1 aromatic heterocycles. The molecule has 1 N–H and O–H groups in total. The molecule has 2 amide bonds. The number of hydrogen-bond donors (Lipinski definition) is 1. The van der Waals surface area contributed by atoms with Crippen LogP contribution in [-0.4, -0.2) is 40.4 Å². The molecular weight excluding hydrogens is 242 g/mol. The van der Waals surface area contributed by atoms with Gasteiger partial charge in [-0.05, 0) is 25.0 Å². The molecular formula is C14H19N3O2. The molecule has 19 heavy (non-hydrogen) atoms. The summed E-state index contributed by atoms with van der Waals surface area (Å²) in [5.74, 6) is 0.00878. The number of rotatable bonds is 5. The van der Waals surface area contributed by atoms with Crippen molar-refractivity contribution in [2.24, 2.45) is 5.92 Å². The van der Waals surface area contributed by atoms with E-state index in [2.05, 4.69) is 5.32 Å². The van der Waals surface area contributed by atoms with E-state index in [-0.39, 0.29) is 17.7 Å². The Bertz CT molecular complexity index is 465. The van der Waals surface area contributed by atoms with Crippen LogP contribution in [0.4, 0.5) is 0 Å². The van der Waals surface area contributed by atoms with Gasteiger partial charge in [-0.25, -0.2) is 0 Å². The lowest BCUT2D eigenvalue weighted by atomic mass is 10.1. The van der Waals surface area contributed by atoms with Crippen LogP contribution in [0.15, 0.2) is 24.5 Å². The van der Waals surface area contributed by atoms with Gasteiger partial charge < -0.3 is 14.8 Å². The van der Waals surface area contributed by atoms with Gasteiger partial charge in [0.2, 0.25) is 11.8 Å². The van der Waals surface area contributed by atoms with Crippen LogP contribution in [0.3, 0.4) is 0 Å². The topological polar surface area (TPSA) is 54.3 Å². The second-order valence-corrected chi connectivity index (χ2v) is 5.39. The quantitative estimate of drug-likeness (QED) is 0.844. The summed E-state index contributed by atoms with van der Waals surface area (Å²) >= 11 is 0. The van der Waals surface area contributed by atoms with Crippen molar-refractivity contribution >= 4 is 11.8 Å². The predicted molar refractivity (Wildman–Crippen MR) is 70.3 cm³/mol. The fraction of sp³-hybridized carbons (Fsp3) is 0.571. The first kappa shape index (κ1) is 12.3. The van der Waals surface area contributed by atoms with Gasteiger partial charge in [-0.15, -0.1) is 0 Å². The third kappa shape index (κ3) is 2.80. The van der Waals surface area contributed by atoms with Gasteiger partial charge in [0.25, 0.3) is 0 Å². The van der Waals surface area contributed by atoms with Crippen molar-refractivity contribution in [1.29, 1.82) is 0 Å². The van der Waals surface area contributed by atoms with Crippen LogP contribution in [0.5, 0.6) is 0 Å². The van der Waals surface area contributed by atoms with E-state index in [0.717, 1.165) is 19.4 Å². The molecule has 2 aliphatic rings. The third-order valence-electron chi connectivity index (χ3n) is 3.85. The van der Waals surface area contributed by atoms with Crippen LogP contribution in [0.25, 0.3) is 0 Å². The average molecular weight is 261 g/mol. The van der Waals surface area contributed by atoms with Crippen molar-refractivity contribution in [2.75, 3.05) is 13.1 Å². The summed E-state index contributed by atoms with van der Waals surface area (Å²) in [5, 5.41) is 2.92. The summed E-state index contributed by atoms with van der Waals surface area (Å²) in [6.07, 6.45) is 6.54. The first-order chi connectivity index (χ1) is 9.24. The molecule has 1 aliphatic heterocycles. The maximum atomic E-state index is 12.0. The van der Waals surface area contributed by atoms with Gasteiger partial charge in [0.1, 0.15) is 0 Å². The Balaban J connectivity index is 1.44. The summed E-state index contributed by atoms with van der Waals surface area (Å²) in [4.78, 5) is 25.7. The van der Waals surface area contributed by atoms with Crippen LogP contribution >= 0.6 is 0 Å². The first-order valence-corrected chi connectivity index (χ1v) is 6.92. The van der Waals surface area contributed by atoms with Crippen LogP contribution < -0.4 is 5.32 Å². The monoisotopic (exact) mass is 261 g/mol. The number of carbonyl (C=O) groups is 2. The Kier molecular flexibility index (Phi) is 3.27. The number of carbonyl (C=O) groups excluding carboxylic acids is 2. The Hall–Kier alpha value is -1.78. The van der Waals surface area contributed by atoms with Gasteiger partial charge >= 0.3 is 0 Å². The molecule has 0 spiro atoms. The summed E-state index contributed by atoms with van der Waals surface area (Å²) in [6, 6.07) is 4.35. The molecule has 0 bridgehead atoms. The van der Waals surface area contributed by atoms with Crippen molar-refractivity contribution < 1.29 is 9.59 Å². The zero-order valence-electron chi connectivity index (χ0n) is 10.9. The van der Waals surface area contributed by atoms with Gasteiger partial charge in [-0.3, -0.25) is 9.59 Å². The lowest BCUT2D eigenvalue weighted by Gasteiger charge is -2.15. The highest BCUT2D eigenvalue weighted by molar-refractivity contribution is 5.89. The Morgan fingerprint density at radius 1 is 1.32 bits per heavy atom. The number of aromatic nitrogens is 1. The number of nitrogens with zero attached hydrogens (tertiary/aromatic N) is 2. The Labute approximate surface area is 112 Å². The van der Waals surface area contributed by atoms with Crippen molar-refractivity contribution in [2.45, 2.75) is 31.8 Å². The van der Waals surface area contributed by atoms with Crippen LogP contribution in [0.1, 0.15) is 19.3 Å². The SMILES string of the molecule is O=C(NCCn1cccc1)[C@@H]1CC(=O)N(C2CC2)C1. The Morgan fingerprint density at radius 3 is 2.74 bits per heavy atom. The molecule has 5 nitrogen and oxygen atoms in total. The van der Waals surface area contributed by atoms with E-state index in [9.17, 15) is 9.59 Å². The van der Waals surface area contributed by atoms with E-state index < -0.39 is 0 Å². The maximum absolute atomic E-state index is 12.0. The minimum atomic E-state index is -0.155. The fourth-order valence-electron chi connectivity index (χ4n) is 2.62. The summed E-state index contributed by atoms with van der Waals surface area (Å²) < 4.78 is 2.02. The molecule has 1 aliphatic carbocycles. The number of likely N-dealkylation sites (tertiary alicyclic amines) is 1. The summed E-state index contributed by atoms with van der Waals surface area (Å²) in [5.41, 5.74) is 0. The average Bonchev–Trinajstić information content (AvgIpc) is 2.96. The molecule has 1 aromatic rings. The number of hydrogen-bond acceptors (Lipinski definition) is 2. The van der Waals surface area contributed by atoms with Gasteiger partial charge in [0, 0.05) is 44.5 Å². The molecule has 102 valence electrons. The molecule has 3 rings (SSSR count). The van der Waals surface area contributed by atoms with Gasteiger partial charge in [-0.2, -0.15) is 0 Å². The van der Waals surface area contributed by atoms with E-state index in [4.69, 9.17) is 0 Å². The van der Waals surface area contributed by atoms with Crippen LogP contribution in [0.2, 0.25) is 0 Å². The van der Waals surface area contributed by atoms with E-state index in [0.29, 0.717) is 25.6 Å². The van der Waals surface area contributed by atoms with E-state index in [1.807, 2.05) is 34.0 Å². The van der Waals surface area contributed by atoms with E-state index >= 15 is 0 Å².